The molecule has 0 aliphatic carbocycles. The van der Waals surface area contributed by atoms with Crippen LogP contribution in [0.15, 0.2) is 17.5 Å². The summed E-state index contributed by atoms with van der Waals surface area (Å²) in [6.45, 7) is 0. The van der Waals surface area contributed by atoms with Crippen LogP contribution in [0.4, 0.5) is 0 Å². The fourth-order valence-electron chi connectivity index (χ4n) is 1.06. The molecule has 0 unspecified atom stereocenters. The fraction of sp³-hybridized carbons (Fsp3) is 0.500. The highest BCUT2D eigenvalue weighted by Gasteiger charge is 2.02. The number of rotatable bonds is 6. The molecule has 0 saturated heterocycles. The molecule has 0 spiro atoms. The zero-order valence-corrected chi connectivity index (χ0v) is 9.42. The van der Waals surface area contributed by atoms with Crippen LogP contribution in [0.25, 0.3) is 0 Å². The SMILES string of the molecule is CSCCC(=O)CCc1cccs1. The van der Waals surface area contributed by atoms with E-state index in [0.717, 1.165) is 18.6 Å². The van der Waals surface area contributed by atoms with Crippen LogP contribution in [0.5, 0.6) is 0 Å². The highest BCUT2D eigenvalue weighted by molar-refractivity contribution is 7.98. The molecule has 13 heavy (non-hydrogen) atoms. The molecular formula is C10H14OS2. The summed E-state index contributed by atoms with van der Waals surface area (Å²) >= 11 is 3.47. The monoisotopic (exact) mass is 214 g/mol. The van der Waals surface area contributed by atoms with Crippen molar-refractivity contribution >= 4 is 28.9 Å². The number of ketones is 1. The lowest BCUT2D eigenvalue weighted by atomic mass is 10.1. The summed E-state index contributed by atoms with van der Waals surface area (Å²) in [6, 6.07) is 4.12. The van der Waals surface area contributed by atoms with Gasteiger partial charge in [-0.3, -0.25) is 4.79 Å². The van der Waals surface area contributed by atoms with E-state index >= 15 is 0 Å². The van der Waals surface area contributed by atoms with Crippen LogP contribution in [-0.4, -0.2) is 17.8 Å². The van der Waals surface area contributed by atoms with E-state index < -0.39 is 0 Å². The average Bonchev–Trinajstić information content (AvgIpc) is 2.64. The predicted molar refractivity (Wildman–Crippen MR) is 60.6 cm³/mol. The molecule has 0 aliphatic heterocycles. The maximum absolute atomic E-state index is 11.3. The third kappa shape index (κ3) is 4.48. The topological polar surface area (TPSA) is 17.1 Å². The lowest BCUT2D eigenvalue weighted by Gasteiger charge is -1.97. The van der Waals surface area contributed by atoms with Gasteiger partial charge in [-0.2, -0.15) is 11.8 Å². The first-order valence-corrected chi connectivity index (χ1v) is 6.63. The van der Waals surface area contributed by atoms with E-state index in [2.05, 4.69) is 11.4 Å². The van der Waals surface area contributed by atoms with Crippen molar-refractivity contribution in [3.05, 3.63) is 22.4 Å². The summed E-state index contributed by atoms with van der Waals surface area (Å²) < 4.78 is 0. The Labute approximate surface area is 87.5 Å². The van der Waals surface area contributed by atoms with Crippen LogP contribution in [0, 0.1) is 0 Å². The number of thiophene rings is 1. The molecular weight excluding hydrogens is 200 g/mol. The molecule has 0 atom stereocenters. The molecule has 0 bridgehead atoms. The molecule has 0 amide bonds. The molecule has 0 saturated carbocycles. The standard InChI is InChI=1S/C10H14OS2/c1-12-8-6-9(11)4-5-10-3-2-7-13-10/h2-3,7H,4-6,8H2,1H3. The maximum atomic E-state index is 11.3. The van der Waals surface area contributed by atoms with Crippen molar-refractivity contribution in [1.82, 2.24) is 0 Å². The number of thioether (sulfide) groups is 1. The van der Waals surface area contributed by atoms with Gasteiger partial charge in [0.05, 0.1) is 0 Å². The normalized spacial score (nSPS) is 10.2. The molecule has 1 aromatic heterocycles. The summed E-state index contributed by atoms with van der Waals surface area (Å²) in [7, 11) is 0. The van der Waals surface area contributed by atoms with Crippen LogP contribution >= 0.6 is 23.1 Å². The first kappa shape index (κ1) is 10.8. The van der Waals surface area contributed by atoms with Crippen LogP contribution < -0.4 is 0 Å². The first-order chi connectivity index (χ1) is 6.33. The Hall–Kier alpha value is -0.280. The lowest BCUT2D eigenvalue weighted by Crippen LogP contribution is -2.00. The average molecular weight is 214 g/mol. The molecule has 0 aliphatic rings. The van der Waals surface area contributed by atoms with Crippen molar-refractivity contribution in [3.63, 3.8) is 0 Å². The maximum Gasteiger partial charge on any atom is 0.134 e. The van der Waals surface area contributed by atoms with Gasteiger partial charge in [0.1, 0.15) is 5.78 Å². The van der Waals surface area contributed by atoms with Crippen LogP contribution in [-0.2, 0) is 11.2 Å². The zero-order valence-electron chi connectivity index (χ0n) is 7.79. The Bertz CT molecular complexity index is 241. The minimum atomic E-state index is 0.391. The Morgan fingerprint density at radius 2 is 2.38 bits per heavy atom. The van der Waals surface area contributed by atoms with E-state index in [1.165, 1.54) is 4.88 Å². The first-order valence-electron chi connectivity index (χ1n) is 4.36. The molecule has 1 aromatic rings. The minimum Gasteiger partial charge on any atom is -0.300 e. The summed E-state index contributed by atoms with van der Waals surface area (Å²) in [5.74, 6) is 1.35. The molecule has 0 fully saturated rings. The highest BCUT2D eigenvalue weighted by atomic mass is 32.2. The largest absolute Gasteiger partial charge is 0.300 e. The number of aryl methyl sites for hydroxylation is 1. The molecule has 1 nitrogen and oxygen atoms in total. The summed E-state index contributed by atoms with van der Waals surface area (Å²) in [4.78, 5) is 12.6. The number of carbonyl (C=O) groups excluding carboxylic acids is 1. The van der Waals surface area contributed by atoms with Crippen molar-refractivity contribution in [2.24, 2.45) is 0 Å². The van der Waals surface area contributed by atoms with Gasteiger partial charge in [0.25, 0.3) is 0 Å². The lowest BCUT2D eigenvalue weighted by molar-refractivity contribution is -0.118. The molecule has 1 heterocycles. The Morgan fingerprint density at radius 3 is 3.00 bits per heavy atom. The highest BCUT2D eigenvalue weighted by Crippen LogP contribution is 2.11. The summed E-state index contributed by atoms with van der Waals surface area (Å²) in [5.41, 5.74) is 0. The minimum absolute atomic E-state index is 0.391. The third-order valence-corrected chi connectivity index (χ3v) is 3.36. The molecule has 0 N–H and O–H groups in total. The van der Waals surface area contributed by atoms with Crippen molar-refractivity contribution in [1.29, 1.82) is 0 Å². The number of Topliss-reactive ketones (excluding diaryl/α,β-unsaturated/α-hetero) is 1. The van der Waals surface area contributed by atoms with Crippen LogP contribution in [0.1, 0.15) is 17.7 Å². The molecule has 0 aromatic carbocycles. The van der Waals surface area contributed by atoms with Gasteiger partial charge < -0.3 is 0 Å². The van der Waals surface area contributed by atoms with Crippen molar-refractivity contribution in [2.75, 3.05) is 12.0 Å². The van der Waals surface area contributed by atoms with E-state index in [0.29, 0.717) is 12.2 Å². The number of hydrogen-bond donors (Lipinski definition) is 0. The van der Waals surface area contributed by atoms with E-state index in [1.807, 2.05) is 12.3 Å². The predicted octanol–water partition coefficient (Wildman–Crippen LogP) is 3.00. The Kier molecular flexibility index (Phi) is 5.16. The fourth-order valence-corrected chi connectivity index (χ4v) is 2.20. The second-order valence-electron chi connectivity index (χ2n) is 2.86. The van der Waals surface area contributed by atoms with Gasteiger partial charge in [-0.1, -0.05) is 6.07 Å². The van der Waals surface area contributed by atoms with Crippen LogP contribution in [0.2, 0.25) is 0 Å². The number of carbonyl (C=O) groups is 1. The quantitative estimate of drug-likeness (QED) is 0.724. The third-order valence-electron chi connectivity index (χ3n) is 1.82. The second kappa shape index (κ2) is 6.22. The smallest absolute Gasteiger partial charge is 0.134 e. The van der Waals surface area contributed by atoms with E-state index in [9.17, 15) is 4.79 Å². The van der Waals surface area contributed by atoms with Gasteiger partial charge in [-0.05, 0) is 29.9 Å². The Morgan fingerprint density at radius 1 is 1.54 bits per heavy atom. The van der Waals surface area contributed by atoms with Gasteiger partial charge in [-0.25, -0.2) is 0 Å². The van der Waals surface area contributed by atoms with Crippen molar-refractivity contribution in [2.45, 2.75) is 19.3 Å². The number of hydrogen-bond acceptors (Lipinski definition) is 3. The van der Waals surface area contributed by atoms with Gasteiger partial charge in [0.2, 0.25) is 0 Å². The van der Waals surface area contributed by atoms with Crippen LogP contribution in [0.3, 0.4) is 0 Å². The molecule has 72 valence electrons. The van der Waals surface area contributed by atoms with E-state index in [4.69, 9.17) is 0 Å². The Balaban J connectivity index is 2.15. The van der Waals surface area contributed by atoms with Gasteiger partial charge in [0, 0.05) is 17.7 Å². The summed E-state index contributed by atoms with van der Waals surface area (Å²) in [5, 5.41) is 2.06. The van der Waals surface area contributed by atoms with Gasteiger partial charge in [-0.15, -0.1) is 11.3 Å². The van der Waals surface area contributed by atoms with E-state index in [1.54, 1.807) is 23.1 Å². The second-order valence-corrected chi connectivity index (χ2v) is 4.88. The van der Waals surface area contributed by atoms with Crippen molar-refractivity contribution < 1.29 is 4.79 Å². The van der Waals surface area contributed by atoms with Gasteiger partial charge >= 0.3 is 0 Å². The van der Waals surface area contributed by atoms with E-state index in [-0.39, 0.29) is 0 Å². The zero-order chi connectivity index (χ0) is 9.52. The molecule has 3 heteroatoms. The molecule has 1 rings (SSSR count). The molecule has 0 radical (unpaired) electrons. The summed E-state index contributed by atoms with van der Waals surface area (Å²) in [6.07, 6.45) is 4.39. The van der Waals surface area contributed by atoms with Gasteiger partial charge in [0.15, 0.2) is 0 Å². The van der Waals surface area contributed by atoms with Crippen molar-refractivity contribution in [3.8, 4) is 0 Å².